The lowest BCUT2D eigenvalue weighted by Crippen LogP contribution is -2.67. The van der Waals surface area contributed by atoms with Gasteiger partial charge >= 0.3 is 0 Å². The van der Waals surface area contributed by atoms with Crippen molar-refractivity contribution in [2.45, 2.75) is 78.4 Å². The molecule has 0 unspecified atom stereocenters. The number of benzene rings is 2. The van der Waals surface area contributed by atoms with Gasteiger partial charge in [0.15, 0.2) is 0 Å². The van der Waals surface area contributed by atoms with E-state index in [2.05, 4.69) is 112 Å². The summed E-state index contributed by atoms with van der Waals surface area (Å²) in [6.45, 7) is 13.3. The van der Waals surface area contributed by atoms with E-state index in [9.17, 15) is 4.79 Å². The number of pyridine rings is 1. The minimum atomic E-state index is -2.74. The lowest BCUT2D eigenvalue weighted by molar-refractivity contribution is -0.110. The molecule has 2 atom stereocenters. The van der Waals surface area contributed by atoms with Crippen LogP contribution in [0, 0.1) is 5.92 Å². The standard InChI is InChI=1S/C35H45NO2Si/c1-28(16-15-17-29(2)27-37)23-24-34(30(3)26-31-18-13-14-25-36-31)38-39(35(4,5)6,32-19-9-7-10-20-32)33-21-11-8-12-22-33/h7-14,18-23,25-27,29,34H,15-17,24H2,1-6H3/t29-,34-/m0/s1. The first-order valence-electron chi connectivity index (χ1n) is 14.2. The molecule has 0 aliphatic rings. The van der Waals surface area contributed by atoms with E-state index in [1.54, 1.807) is 0 Å². The molecule has 0 saturated heterocycles. The van der Waals surface area contributed by atoms with Crippen LogP contribution in [0.25, 0.3) is 6.08 Å². The van der Waals surface area contributed by atoms with Gasteiger partial charge in [0, 0.05) is 12.1 Å². The van der Waals surface area contributed by atoms with Gasteiger partial charge in [-0.05, 0) is 78.7 Å². The summed E-state index contributed by atoms with van der Waals surface area (Å²) < 4.78 is 7.57. The topological polar surface area (TPSA) is 39.2 Å². The molecule has 0 N–H and O–H groups in total. The van der Waals surface area contributed by atoms with Gasteiger partial charge in [0.1, 0.15) is 6.29 Å². The Kier molecular flexibility index (Phi) is 11.2. The first kappa shape index (κ1) is 30.5. The third kappa shape index (κ3) is 8.20. The largest absolute Gasteiger partial charge is 0.400 e. The molecule has 0 spiro atoms. The molecule has 0 amide bonds. The van der Waals surface area contributed by atoms with Crippen molar-refractivity contribution in [2.75, 3.05) is 0 Å². The molecule has 0 radical (unpaired) electrons. The molecule has 39 heavy (non-hydrogen) atoms. The molecule has 1 heterocycles. The zero-order chi connectivity index (χ0) is 28.3. The summed E-state index contributed by atoms with van der Waals surface area (Å²) >= 11 is 0. The van der Waals surface area contributed by atoms with Gasteiger partial charge in [-0.2, -0.15) is 0 Å². The Morgan fingerprint density at radius 2 is 1.51 bits per heavy atom. The summed E-state index contributed by atoms with van der Waals surface area (Å²) in [5, 5.41) is 2.45. The molecule has 1 aromatic heterocycles. The molecule has 0 bridgehead atoms. The lowest BCUT2D eigenvalue weighted by Gasteiger charge is -2.45. The predicted octanol–water partition coefficient (Wildman–Crippen LogP) is 7.77. The highest BCUT2D eigenvalue weighted by Gasteiger charge is 2.51. The summed E-state index contributed by atoms with van der Waals surface area (Å²) in [7, 11) is -2.74. The maximum Gasteiger partial charge on any atom is 0.261 e. The average molecular weight is 540 g/mol. The van der Waals surface area contributed by atoms with Gasteiger partial charge in [0.2, 0.25) is 0 Å². The second-order valence-electron chi connectivity index (χ2n) is 11.7. The number of hydrogen-bond acceptors (Lipinski definition) is 3. The third-order valence-electron chi connectivity index (χ3n) is 7.45. The predicted molar refractivity (Wildman–Crippen MR) is 168 cm³/mol. The molecule has 0 fully saturated rings. The summed E-state index contributed by atoms with van der Waals surface area (Å²) in [5.74, 6) is 0.118. The van der Waals surface area contributed by atoms with Gasteiger partial charge in [-0.3, -0.25) is 4.98 Å². The smallest absolute Gasteiger partial charge is 0.261 e. The van der Waals surface area contributed by atoms with Crippen molar-refractivity contribution in [1.29, 1.82) is 0 Å². The fourth-order valence-electron chi connectivity index (χ4n) is 5.20. The van der Waals surface area contributed by atoms with Crippen molar-refractivity contribution in [2.24, 2.45) is 5.92 Å². The zero-order valence-electron chi connectivity index (χ0n) is 24.6. The summed E-state index contributed by atoms with van der Waals surface area (Å²) in [6, 6.07) is 27.7. The number of hydrogen-bond donors (Lipinski definition) is 0. The summed E-state index contributed by atoms with van der Waals surface area (Å²) in [4.78, 5) is 15.6. The number of aldehydes is 1. The van der Waals surface area contributed by atoms with Gasteiger partial charge in [0.25, 0.3) is 8.32 Å². The van der Waals surface area contributed by atoms with Gasteiger partial charge in [0.05, 0.1) is 11.8 Å². The molecule has 3 nitrogen and oxygen atoms in total. The van der Waals surface area contributed by atoms with Crippen LogP contribution in [0.3, 0.4) is 0 Å². The molecule has 4 heteroatoms. The van der Waals surface area contributed by atoms with Crippen LogP contribution in [-0.2, 0) is 9.22 Å². The van der Waals surface area contributed by atoms with Crippen LogP contribution in [0.1, 0.15) is 72.9 Å². The Labute approximate surface area is 237 Å². The number of carbonyl (C=O) groups is 1. The molecule has 0 saturated carbocycles. The van der Waals surface area contributed by atoms with Crippen molar-refractivity contribution in [3.8, 4) is 0 Å². The van der Waals surface area contributed by atoms with E-state index >= 15 is 0 Å². The minimum absolute atomic E-state index is 0.108. The Balaban J connectivity index is 2.06. The van der Waals surface area contributed by atoms with Crippen LogP contribution in [0.15, 0.2) is 102 Å². The Morgan fingerprint density at radius 1 is 0.923 bits per heavy atom. The van der Waals surface area contributed by atoms with Crippen molar-refractivity contribution >= 4 is 31.1 Å². The molecular weight excluding hydrogens is 494 g/mol. The van der Waals surface area contributed by atoms with Crippen molar-refractivity contribution < 1.29 is 9.22 Å². The molecule has 206 valence electrons. The van der Waals surface area contributed by atoms with Crippen LogP contribution in [-0.4, -0.2) is 25.7 Å². The van der Waals surface area contributed by atoms with Gasteiger partial charge in [-0.1, -0.05) is 106 Å². The monoisotopic (exact) mass is 539 g/mol. The van der Waals surface area contributed by atoms with Crippen molar-refractivity contribution in [1.82, 2.24) is 4.98 Å². The summed E-state index contributed by atoms with van der Waals surface area (Å²) in [5.41, 5.74) is 3.45. The molecular formula is C35H45NO2Si. The quantitative estimate of drug-likeness (QED) is 0.126. The Hall–Kier alpha value is -3.08. The number of rotatable bonds is 13. The van der Waals surface area contributed by atoms with E-state index in [1.807, 2.05) is 31.3 Å². The van der Waals surface area contributed by atoms with Crippen molar-refractivity contribution in [3.63, 3.8) is 0 Å². The number of carbonyl (C=O) groups excluding carboxylic acids is 1. The molecule has 0 aliphatic carbocycles. The summed E-state index contributed by atoms with van der Waals surface area (Å²) in [6.07, 6.45) is 11.0. The van der Waals surface area contributed by atoms with Gasteiger partial charge < -0.3 is 9.22 Å². The second kappa shape index (κ2) is 14.3. The first-order chi connectivity index (χ1) is 18.7. The molecule has 3 aromatic rings. The SMILES string of the molecule is CC(=CC[C@H](O[Si](c1ccccc1)(c1ccccc1)C(C)(C)C)C(C)=Cc1ccccn1)CCC[C@H](C)C=O. The maximum atomic E-state index is 11.0. The number of nitrogens with zero attached hydrogens (tertiary/aromatic N) is 1. The Morgan fingerprint density at radius 3 is 2.03 bits per heavy atom. The normalized spacial score (nSPS) is 14.6. The van der Waals surface area contributed by atoms with Gasteiger partial charge in [-0.25, -0.2) is 0 Å². The number of aromatic nitrogens is 1. The molecule has 3 rings (SSSR count). The van der Waals surface area contributed by atoms with Crippen LogP contribution < -0.4 is 10.4 Å². The first-order valence-corrected chi connectivity index (χ1v) is 16.1. The maximum absolute atomic E-state index is 11.0. The molecule has 0 aliphatic heterocycles. The third-order valence-corrected chi connectivity index (χ3v) is 12.5. The highest BCUT2D eigenvalue weighted by Crippen LogP contribution is 2.39. The number of allylic oxidation sites excluding steroid dienone is 1. The average Bonchev–Trinajstić information content (AvgIpc) is 2.94. The highest BCUT2D eigenvalue weighted by molar-refractivity contribution is 6.99. The van der Waals surface area contributed by atoms with Crippen LogP contribution in [0.2, 0.25) is 5.04 Å². The second-order valence-corrected chi connectivity index (χ2v) is 16.0. The van der Waals surface area contributed by atoms with Crippen LogP contribution in [0.5, 0.6) is 0 Å². The Bertz CT molecular complexity index is 1170. The van der Waals surface area contributed by atoms with E-state index in [0.29, 0.717) is 0 Å². The molecule has 2 aromatic carbocycles. The van der Waals surface area contributed by atoms with E-state index < -0.39 is 8.32 Å². The lowest BCUT2D eigenvalue weighted by atomic mass is 10.0. The zero-order valence-corrected chi connectivity index (χ0v) is 25.6. The fourth-order valence-corrected chi connectivity index (χ4v) is 9.92. The van der Waals surface area contributed by atoms with Crippen molar-refractivity contribution in [3.05, 3.63) is 108 Å². The van der Waals surface area contributed by atoms with Gasteiger partial charge in [-0.15, -0.1) is 0 Å². The van der Waals surface area contributed by atoms with Crippen LogP contribution >= 0.6 is 0 Å². The van der Waals surface area contributed by atoms with E-state index in [1.165, 1.54) is 21.5 Å². The highest BCUT2D eigenvalue weighted by atomic mass is 28.4. The fraction of sp³-hybridized carbons (Fsp3) is 0.371. The minimum Gasteiger partial charge on any atom is -0.400 e. The van der Waals surface area contributed by atoms with E-state index in [4.69, 9.17) is 4.43 Å². The van der Waals surface area contributed by atoms with E-state index in [0.717, 1.165) is 37.7 Å². The van der Waals surface area contributed by atoms with E-state index in [-0.39, 0.29) is 17.1 Å². The van der Waals surface area contributed by atoms with Crippen LogP contribution in [0.4, 0.5) is 0 Å².